The van der Waals surface area contributed by atoms with Crippen molar-refractivity contribution in [3.05, 3.63) is 24.3 Å². The highest BCUT2D eigenvalue weighted by atomic mass is 32.2. The first kappa shape index (κ1) is 16.8. The lowest BCUT2D eigenvalue weighted by Crippen LogP contribution is -2.47. The summed E-state index contributed by atoms with van der Waals surface area (Å²) in [5.74, 6) is 0.374. The molecule has 2 aliphatic rings. The molecule has 8 heteroatoms. The Balaban J connectivity index is 1.76. The van der Waals surface area contributed by atoms with Crippen molar-refractivity contribution < 1.29 is 13.2 Å². The second-order valence-electron chi connectivity index (χ2n) is 6.70. The third-order valence-corrected chi connectivity index (χ3v) is 6.10. The highest BCUT2D eigenvalue weighted by Gasteiger charge is 2.44. The monoisotopic (exact) mass is 340 g/mol. The molecule has 2 atom stereocenters. The van der Waals surface area contributed by atoms with E-state index in [4.69, 9.17) is 4.74 Å². The van der Waals surface area contributed by atoms with Gasteiger partial charge in [-0.15, -0.1) is 0 Å². The van der Waals surface area contributed by atoms with Crippen LogP contribution in [0.3, 0.4) is 0 Å². The van der Waals surface area contributed by atoms with E-state index in [0.717, 1.165) is 12.1 Å². The molecule has 7 nitrogen and oxygen atoms in total. The minimum atomic E-state index is -3.25. The van der Waals surface area contributed by atoms with Gasteiger partial charge < -0.3 is 4.74 Å². The van der Waals surface area contributed by atoms with E-state index in [9.17, 15) is 8.42 Å². The Morgan fingerprint density at radius 3 is 2.74 bits per heavy atom. The highest BCUT2D eigenvalue weighted by Crippen LogP contribution is 2.26. The van der Waals surface area contributed by atoms with Gasteiger partial charge in [0.05, 0.1) is 24.5 Å². The van der Waals surface area contributed by atoms with Gasteiger partial charge in [0.1, 0.15) is 6.33 Å². The maximum Gasteiger partial charge on any atom is 0.216 e. The van der Waals surface area contributed by atoms with Gasteiger partial charge in [-0.05, 0) is 5.92 Å². The normalized spacial score (nSPS) is 28.7. The Labute approximate surface area is 137 Å². The van der Waals surface area contributed by atoms with Crippen molar-refractivity contribution in [3.8, 4) is 0 Å². The second-order valence-corrected chi connectivity index (χ2v) is 8.74. The highest BCUT2D eigenvalue weighted by molar-refractivity contribution is 7.89. The molecule has 2 fully saturated rings. The molecule has 1 aromatic heterocycles. The van der Waals surface area contributed by atoms with E-state index in [-0.39, 0.29) is 24.5 Å². The van der Waals surface area contributed by atoms with Crippen molar-refractivity contribution in [2.75, 3.05) is 32.0 Å². The molecule has 2 aliphatic heterocycles. The smallest absolute Gasteiger partial charge is 0.216 e. The molecule has 0 saturated carbocycles. The van der Waals surface area contributed by atoms with Crippen molar-refractivity contribution in [1.29, 1.82) is 0 Å². The van der Waals surface area contributed by atoms with E-state index in [1.54, 1.807) is 16.7 Å². The predicted molar refractivity (Wildman–Crippen MR) is 86.2 cm³/mol. The first-order valence-electron chi connectivity index (χ1n) is 8.03. The summed E-state index contributed by atoms with van der Waals surface area (Å²) in [6.07, 6.45) is 5.04. The Hall–Kier alpha value is -1.09. The summed E-state index contributed by atoms with van der Waals surface area (Å²) in [7, 11) is -3.25. The maximum absolute atomic E-state index is 12.6. The third-order valence-electron chi connectivity index (χ3n) is 4.28. The fraction of sp³-hybridized carbons (Fsp3) is 0.733. The molecule has 2 saturated heterocycles. The summed E-state index contributed by atoms with van der Waals surface area (Å²) >= 11 is 0. The topological polar surface area (TPSA) is 75.6 Å². The summed E-state index contributed by atoms with van der Waals surface area (Å²) in [6.45, 7) is 7.06. The molecule has 0 aliphatic carbocycles. The lowest BCUT2D eigenvalue weighted by atomic mass is 10.1. The van der Waals surface area contributed by atoms with Gasteiger partial charge >= 0.3 is 0 Å². The van der Waals surface area contributed by atoms with Crippen LogP contribution < -0.4 is 0 Å². The van der Waals surface area contributed by atoms with Gasteiger partial charge in [0.2, 0.25) is 10.0 Å². The van der Waals surface area contributed by atoms with Gasteiger partial charge in [-0.2, -0.15) is 4.31 Å². The van der Waals surface area contributed by atoms with Crippen LogP contribution in [0, 0.1) is 5.92 Å². The Morgan fingerprint density at radius 1 is 1.30 bits per heavy atom. The summed E-state index contributed by atoms with van der Waals surface area (Å²) in [6, 6.07) is -0.102. The van der Waals surface area contributed by atoms with E-state index in [0.29, 0.717) is 25.6 Å². The second kappa shape index (κ2) is 6.80. The summed E-state index contributed by atoms with van der Waals surface area (Å²) in [5, 5.41) is 0. The molecule has 3 rings (SSSR count). The molecule has 0 aromatic carbocycles. The standard InChI is InChI=1S/C15H24N4O3S/c1-12(2)7-19-14-9-18(8-13-5-16-11-17-6-13)10-15(14)22-3-4-23(19,20)21/h5-6,11-12,14-15H,3-4,7-10H2,1-2H3/t14-,15+/m1/s1. The largest absolute Gasteiger partial charge is 0.374 e. The zero-order valence-corrected chi connectivity index (χ0v) is 14.4. The fourth-order valence-corrected chi connectivity index (χ4v) is 4.99. The van der Waals surface area contributed by atoms with Crippen molar-refractivity contribution >= 4 is 10.0 Å². The van der Waals surface area contributed by atoms with Crippen molar-refractivity contribution in [3.63, 3.8) is 0 Å². The molecule has 0 amide bonds. The van der Waals surface area contributed by atoms with E-state index in [1.807, 2.05) is 13.8 Å². The molecule has 128 valence electrons. The lowest BCUT2D eigenvalue weighted by molar-refractivity contribution is 0.0454. The number of likely N-dealkylation sites (tertiary alicyclic amines) is 1. The molecule has 1 aromatic rings. The van der Waals surface area contributed by atoms with Crippen molar-refractivity contribution in [2.45, 2.75) is 32.5 Å². The van der Waals surface area contributed by atoms with Crippen LogP contribution in [0.2, 0.25) is 0 Å². The first-order chi connectivity index (χ1) is 11.0. The molecular formula is C15H24N4O3S. The number of hydrogen-bond donors (Lipinski definition) is 0. The Bertz CT molecular complexity index is 623. The summed E-state index contributed by atoms with van der Waals surface area (Å²) in [4.78, 5) is 10.3. The molecule has 0 spiro atoms. The Kier molecular flexibility index (Phi) is 4.96. The van der Waals surface area contributed by atoms with Crippen LogP contribution in [-0.2, 0) is 21.3 Å². The summed E-state index contributed by atoms with van der Waals surface area (Å²) in [5.41, 5.74) is 1.03. The van der Waals surface area contributed by atoms with Gasteiger partial charge in [0.15, 0.2) is 0 Å². The van der Waals surface area contributed by atoms with Gasteiger partial charge in [0, 0.05) is 44.1 Å². The SMILES string of the molecule is CC(C)CN1[C@@H]2CN(Cc3cncnc3)C[C@@H]2OCCS1(=O)=O. The zero-order valence-electron chi connectivity index (χ0n) is 13.6. The molecule has 0 N–H and O–H groups in total. The van der Waals surface area contributed by atoms with Crippen molar-refractivity contribution in [2.24, 2.45) is 5.92 Å². The first-order valence-corrected chi connectivity index (χ1v) is 9.64. The lowest BCUT2D eigenvalue weighted by Gasteiger charge is -2.29. The van der Waals surface area contributed by atoms with Crippen molar-refractivity contribution in [1.82, 2.24) is 19.2 Å². The maximum atomic E-state index is 12.6. The fourth-order valence-electron chi connectivity index (χ4n) is 3.31. The summed E-state index contributed by atoms with van der Waals surface area (Å²) < 4.78 is 32.6. The quantitative estimate of drug-likeness (QED) is 0.787. The van der Waals surface area contributed by atoms with E-state index in [1.165, 1.54) is 6.33 Å². The number of ether oxygens (including phenoxy) is 1. The minimum absolute atomic E-state index is 0.0596. The average Bonchev–Trinajstić information content (AvgIpc) is 2.83. The van der Waals surface area contributed by atoms with Crippen LogP contribution in [0.15, 0.2) is 18.7 Å². The minimum Gasteiger partial charge on any atom is -0.374 e. The van der Waals surface area contributed by atoms with E-state index >= 15 is 0 Å². The number of rotatable bonds is 4. The average molecular weight is 340 g/mol. The molecule has 0 unspecified atom stereocenters. The molecule has 3 heterocycles. The van der Waals surface area contributed by atoms with Crippen LogP contribution in [-0.4, -0.2) is 71.7 Å². The molecule has 0 bridgehead atoms. The van der Waals surface area contributed by atoms with Crippen LogP contribution in [0.4, 0.5) is 0 Å². The van der Waals surface area contributed by atoms with E-state index in [2.05, 4.69) is 14.9 Å². The van der Waals surface area contributed by atoms with Crippen LogP contribution >= 0.6 is 0 Å². The molecule has 0 radical (unpaired) electrons. The third kappa shape index (κ3) is 3.88. The number of fused-ring (bicyclic) bond motifs is 1. The number of hydrogen-bond acceptors (Lipinski definition) is 6. The molecule has 23 heavy (non-hydrogen) atoms. The molecular weight excluding hydrogens is 316 g/mol. The van der Waals surface area contributed by atoms with Gasteiger partial charge in [-0.3, -0.25) is 4.90 Å². The van der Waals surface area contributed by atoms with Gasteiger partial charge in [-0.25, -0.2) is 18.4 Å². The number of aromatic nitrogens is 2. The van der Waals surface area contributed by atoms with Crippen LogP contribution in [0.5, 0.6) is 0 Å². The Morgan fingerprint density at radius 2 is 2.04 bits per heavy atom. The van der Waals surface area contributed by atoms with Crippen LogP contribution in [0.25, 0.3) is 0 Å². The number of sulfonamides is 1. The zero-order chi connectivity index (χ0) is 16.4. The number of nitrogens with zero attached hydrogens (tertiary/aromatic N) is 4. The van der Waals surface area contributed by atoms with Gasteiger partial charge in [-0.1, -0.05) is 13.8 Å². The van der Waals surface area contributed by atoms with Gasteiger partial charge in [0.25, 0.3) is 0 Å². The van der Waals surface area contributed by atoms with Crippen LogP contribution in [0.1, 0.15) is 19.4 Å². The predicted octanol–water partition coefficient (Wildman–Crippen LogP) is 0.347. The van der Waals surface area contributed by atoms with E-state index < -0.39 is 10.0 Å².